The van der Waals surface area contributed by atoms with Gasteiger partial charge in [0.25, 0.3) is 0 Å². The van der Waals surface area contributed by atoms with Crippen molar-refractivity contribution in [2.24, 2.45) is 5.92 Å². The average Bonchev–Trinajstić information content (AvgIpc) is 2.38. The van der Waals surface area contributed by atoms with E-state index in [9.17, 15) is 9.59 Å². The molecule has 0 spiro atoms. The maximum absolute atomic E-state index is 12.1. The first-order valence-corrected chi connectivity index (χ1v) is 5.41. The van der Waals surface area contributed by atoms with Crippen LogP contribution in [0.4, 0.5) is 4.79 Å². The Kier molecular flexibility index (Phi) is 3.41. The third-order valence-electron chi connectivity index (χ3n) is 2.63. The topological polar surface area (TPSA) is 46.6 Å². The highest BCUT2D eigenvalue weighted by atomic mass is 16.6. The molecule has 4 nitrogen and oxygen atoms in total. The van der Waals surface area contributed by atoms with Crippen LogP contribution in [0.1, 0.15) is 34.1 Å². The van der Waals surface area contributed by atoms with Crippen LogP contribution in [0.3, 0.4) is 0 Å². The van der Waals surface area contributed by atoms with Crippen molar-refractivity contribution in [2.75, 3.05) is 6.61 Å². The van der Waals surface area contributed by atoms with E-state index in [-0.39, 0.29) is 18.4 Å². The first-order chi connectivity index (χ1) is 7.25. The van der Waals surface area contributed by atoms with Crippen LogP contribution in [0.25, 0.3) is 0 Å². The lowest BCUT2D eigenvalue weighted by Crippen LogP contribution is -2.48. The number of hydrogen-bond acceptors (Lipinski definition) is 3. The van der Waals surface area contributed by atoms with Crippen molar-refractivity contribution in [2.45, 2.75) is 39.7 Å². The second-order valence-electron chi connectivity index (χ2n) is 5.10. The van der Waals surface area contributed by atoms with Gasteiger partial charge < -0.3 is 4.74 Å². The molecule has 2 amide bonds. The minimum atomic E-state index is -0.544. The van der Waals surface area contributed by atoms with E-state index in [2.05, 4.69) is 6.58 Å². The number of nitrogens with zero attached hydrogens (tertiary/aromatic N) is 1. The predicted octanol–water partition coefficient (Wildman–Crippen LogP) is 2.35. The summed E-state index contributed by atoms with van der Waals surface area (Å²) in [7, 11) is 0. The fourth-order valence-electron chi connectivity index (χ4n) is 1.83. The molecule has 0 aromatic carbocycles. The number of rotatable bonds is 3. The molecule has 0 N–H and O–H groups in total. The highest BCUT2D eigenvalue weighted by molar-refractivity contribution is 5.95. The highest BCUT2D eigenvalue weighted by Crippen LogP contribution is 2.26. The standard InChI is InChI=1S/C12H19NO3/c1-8(2)6-9(3)10(14)13-11(15)16-7-12(13,4)5/h9H,1,6-7H2,2-5H3/t9-/m1/s1. The summed E-state index contributed by atoms with van der Waals surface area (Å²) in [6.45, 7) is 11.4. The van der Waals surface area contributed by atoms with Gasteiger partial charge in [-0.15, -0.1) is 6.58 Å². The van der Waals surface area contributed by atoms with Gasteiger partial charge >= 0.3 is 6.09 Å². The van der Waals surface area contributed by atoms with Crippen LogP contribution in [0, 0.1) is 5.92 Å². The van der Waals surface area contributed by atoms with Crippen LogP contribution in [0.15, 0.2) is 12.2 Å². The Hall–Kier alpha value is -1.32. The van der Waals surface area contributed by atoms with Crippen molar-refractivity contribution >= 4 is 12.0 Å². The fourth-order valence-corrected chi connectivity index (χ4v) is 1.83. The number of imide groups is 1. The Morgan fingerprint density at radius 1 is 1.62 bits per heavy atom. The van der Waals surface area contributed by atoms with Crippen LogP contribution in [-0.4, -0.2) is 29.0 Å². The molecule has 0 aromatic rings. The van der Waals surface area contributed by atoms with Gasteiger partial charge in [-0.05, 0) is 27.2 Å². The Morgan fingerprint density at radius 3 is 2.56 bits per heavy atom. The monoisotopic (exact) mass is 225 g/mol. The second-order valence-corrected chi connectivity index (χ2v) is 5.10. The van der Waals surface area contributed by atoms with Gasteiger partial charge in [-0.3, -0.25) is 4.79 Å². The number of carbonyl (C=O) groups is 2. The Labute approximate surface area is 96.3 Å². The van der Waals surface area contributed by atoms with Gasteiger partial charge in [0, 0.05) is 5.92 Å². The Balaban J connectivity index is 2.80. The van der Waals surface area contributed by atoms with Crippen LogP contribution in [0.5, 0.6) is 0 Å². The molecule has 0 bridgehead atoms. The summed E-state index contributed by atoms with van der Waals surface area (Å²) in [4.78, 5) is 24.8. The van der Waals surface area contributed by atoms with E-state index in [1.165, 1.54) is 4.90 Å². The van der Waals surface area contributed by atoms with Gasteiger partial charge in [0.1, 0.15) is 6.61 Å². The summed E-state index contributed by atoms with van der Waals surface area (Å²) >= 11 is 0. The molecular formula is C12H19NO3. The molecule has 1 aliphatic heterocycles. The van der Waals surface area contributed by atoms with E-state index in [4.69, 9.17) is 4.74 Å². The van der Waals surface area contributed by atoms with Crippen molar-refractivity contribution in [1.82, 2.24) is 4.90 Å². The molecule has 0 radical (unpaired) electrons. The van der Waals surface area contributed by atoms with Gasteiger partial charge in [-0.2, -0.15) is 0 Å². The number of allylic oxidation sites excluding steroid dienone is 1. The van der Waals surface area contributed by atoms with Gasteiger partial charge in [0.15, 0.2) is 0 Å². The van der Waals surface area contributed by atoms with Crippen molar-refractivity contribution in [3.8, 4) is 0 Å². The summed E-state index contributed by atoms with van der Waals surface area (Å²) in [5.74, 6) is -0.419. The number of amides is 2. The molecule has 1 heterocycles. The van der Waals surface area contributed by atoms with Gasteiger partial charge in [-0.25, -0.2) is 9.69 Å². The number of ether oxygens (including phenoxy) is 1. The molecule has 0 saturated carbocycles. The Morgan fingerprint density at radius 2 is 2.19 bits per heavy atom. The zero-order chi connectivity index (χ0) is 12.5. The maximum Gasteiger partial charge on any atom is 0.417 e. The minimum absolute atomic E-state index is 0.185. The molecule has 0 unspecified atom stereocenters. The number of hydrogen-bond donors (Lipinski definition) is 0. The fraction of sp³-hybridized carbons (Fsp3) is 0.667. The third kappa shape index (κ3) is 2.43. The van der Waals surface area contributed by atoms with E-state index in [1.54, 1.807) is 6.92 Å². The second kappa shape index (κ2) is 4.28. The van der Waals surface area contributed by atoms with Gasteiger partial charge in [-0.1, -0.05) is 12.5 Å². The normalized spacial score (nSPS) is 20.5. The summed E-state index contributed by atoms with van der Waals surface area (Å²) < 4.78 is 4.90. The SMILES string of the molecule is C=C(C)C[C@@H](C)C(=O)N1C(=O)OCC1(C)C. The zero-order valence-corrected chi connectivity index (χ0v) is 10.4. The molecule has 1 aliphatic rings. The zero-order valence-electron chi connectivity index (χ0n) is 10.4. The van der Waals surface area contributed by atoms with E-state index in [0.29, 0.717) is 6.42 Å². The maximum atomic E-state index is 12.1. The van der Waals surface area contributed by atoms with E-state index < -0.39 is 11.6 Å². The lowest BCUT2D eigenvalue weighted by Gasteiger charge is -2.28. The van der Waals surface area contributed by atoms with E-state index in [0.717, 1.165) is 5.57 Å². The van der Waals surface area contributed by atoms with Crippen molar-refractivity contribution in [1.29, 1.82) is 0 Å². The smallest absolute Gasteiger partial charge is 0.417 e. The van der Waals surface area contributed by atoms with Crippen molar-refractivity contribution < 1.29 is 14.3 Å². The molecule has 0 aromatic heterocycles. The predicted molar refractivity (Wildman–Crippen MR) is 60.9 cm³/mol. The quantitative estimate of drug-likeness (QED) is 0.693. The summed E-state index contributed by atoms with van der Waals surface area (Å²) in [6.07, 6.45) is 0.0576. The summed E-state index contributed by atoms with van der Waals surface area (Å²) in [5, 5.41) is 0. The van der Waals surface area contributed by atoms with Crippen molar-refractivity contribution in [3.63, 3.8) is 0 Å². The summed E-state index contributed by atoms with van der Waals surface area (Å²) in [6, 6.07) is 0. The van der Waals surface area contributed by atoms with Crippen LogP contribution in [0.2, 0.25) is 0 Å². The largest absolute Gasteiger partial charge is 0.447 e. The van der Waals surface area contributed by atoms with Crippen LogP contribution in [-0.2, 0) is 9.53 Å². The molecule has 4 heteroatoms. The molecule has 1 fully saturated rings. The van der Waals surface area contributed by atoms with E-state index in [1.807, 2.05) is 20.8 Å². The third-order valence-corrected chi connectivity index (χ3v) is 2.63. The Bertz CT molecular complexity index is 333. The minimum Gasteiger partial charge on any atom is -0.447 e. The van der Waals surface area contributed by atoms with Crippen LogP contribution < -0.4 is 0 Å². The van der Waals surface area contributed by atoms with Gasteiger partial charge in [0.2, 0.25) is 5.91 Å². The molecule has 0 aliphatic carbocycles. The summed E-state index contributed by atoms with van der Waals surface area (Å²) in [5.41, 5.74) is 0.392. The molecule has 1 rings (SSSR count). The van der Waals surface area contributed by atoms with Crippen molar-refractivity contribution in [3.05, 3.63) is 12.2 Å². The lowest BCUT2D eigenvalue weighted by atomic mass is 9.98. The number of carbonyl (C=O) groups excluding carboxylic acids is 2. The van der Waals surface area contributed by atoms with E-state index >= 15 is 0 Å². The number of cyclic esters (lactones) is 1. The van der Waals surface area contributed by atoms with Crippen LogP contribution >= 0.6 is 0 Å². The van der Waals surface area contributed by atoms with Gasteiger partial charge in [0.05, 0.1) is 5.54 Å². The molecule has 90 valence electrons. The molecule has 16 heavy (non-hydrogen) atoms. The molecule has 1 atom stereocenters. The average molecular weight is 225 g/mol. The molecular weight excluding hydrogens is 206 g/mol. The first kappa shape index (κ1) is 12.7. The molecule has 1 saturated heterocycles. The lowest BCUT2D eigenvalue weighted by molar-refractivity contribution is -0.134. The first-order valence-electron chi connectivity index (χ1n) is 5.41. The highest BCUT2D eigenvalue weighted by Gasteiger charge is 2.45.